The standard InChI is InChI=1S/C26H22F3NO3/c1-16(24(30)31)12-21-15-19-13-17(6-7-25(32)8-10-26(28,29)11-9-25)14-22(23(19)33-21)18-2-4-20(27)5-3-18/h2-5,13-15,32H,1,8-12H2,(H2,30,31). The molecule has 4 rings (SSSR count). The lowest BCUT2D eigenvalue weighted by Crippen LogP contribution is -2.37. The maximum absolute atomic E-state index is 13.5. The molecular formula is C26H22F3NO3. The molecule has 0 radical (unpaired) electrons. The van der Waals surface area contributed by atoms with E-state index in [4.69, 9.17) is 10.2 Å². The van der Waals surface area contributed by atoms with Gasteiger partial charge in [-0.25, -0.2) is 13.2 Å². The van der Waals surface area contributed by atoms with Crippen molar-refractivity contribution in [3.63, 3.8) is 0 Å². The van der Waals surface area contributed by atoms with Gasteiger partial charge in [-0.15, -0.1) is 0 Å². The molecule has 170 valence electrons. The molecular weight excluding hydrogens is 431 g/mol. The van der Waals surface area contributed by atoms with Crippen molar-refractivity contribution in [2.45, 2.75) is 43.6 Å². The lowest BCUT2D eigenvalue weighted by atomic mass is 9.83. The van der Waals surface area contributed by atoms with Gasteiger partial charge in [-0.1, -0.05) is 30.6 Å². The van der Waals surface area contributed by atoms with Gasteiger partial charge in [0.25, 0.3) is 0 Å². The SMILES string of the molecule is C=C(Cc1cc2cc(C#CC3(O)CCC(F)(F)CC3)cc(-c3ccc(F)cc3)c2o1)C(N)=O. The van der Waals surface area contributed by atoms with E-state index in [0.29, 0.717) is 33.4 Å². The quantitative estimate of drug-likeness (QED) is 0.426. The van der Waals surface area contributed by atoms with E-state index >= 15 is 0 Å². The summed E-state index contributed by atoms with van der Waals surface area (Å²) >= 11 is 0. The number of benzene rings is 2. The summed E-state index contributed by atoms with van der Waals surface area (Å²) < 4.78 is 46.3. The Balaban J connectivity index is 1.76. The van der Waals surface area contributed by atoms with Crippen LogP contribution in [0.4, 0.5) is 13.2 Å². The summed E-state index contributed by atoms with van der Waals surface area (Å²) in [5, 5.41) is 11.3. The van der Waals surface area contributed by atoms with Crippen molar-refractivity contribution in [2.75, 3.05) is 0 Å². The number of aliphatic hydroxyl groups is 1. The number of halogens is 3. The predicted octanol–water partition coefficient (Wildman–Crippen LogP) is 5.11. The van der Waals surface area contributed by atoms with Crippen LogP contribution in [0, 0.1) is 17.7 Å². The zero-order valence-electron chi connectivity index (χ0n) is 17.8. The van der Waals surface area contributed by atoms with E-state index in [1.807, 2.05) is 0 Å². The largest absolute Gasteiger partial charge is 0.460 e. The van der Waals surface area contributed by atoms with Crippen molar-refractivity contribution in [3.05, 3.63) is 71.8 Å². The van der Waals surface area contributed by atoms with Gasteiger partial charge >= 0.3 is 0 Å². The van der Waals surface area contributed by atoms with Gasteiger partial charge in [0.05, 0.1) is 0 Å². The predicted molar refractivity (Wildman–Crippen MR) is 119 cm³/mol. The summed E-state index contributed by atoms with van der Waals surface area (Å²) in [5.41, 5.74) is 6.34. The third kappa shape index (κ3) is 5.12. The molecule has 1 heterocycles. The molecule has 1 aliphatic carbocycles. The van der Waals surface area contributed by atoms with Crippen LogP contribution in [0.15, 0.2) is 59.0 Å². The van der Waals surface area contributed by atoms with E-state index in [1.54, 1.807) is 30.3 Å². The average Bonchev–Trinajstić information content (AvgIpc) is 3.17. The third-order valence-electron chi connectivity index (χ3n) is 5.81. The maximum Gasteiger partial charge on any atom is 0.248 e. The van der Waals surface area contributed by atoms with Crippen LogP contribution < -0.4 is 5.73 Å². The number of primary amides is 1. The number of carbonyl (C=O) groups excluding carboxylic acids is 1. The third-order valence-corrected chi connectivity index (χ3v) is 5.81. The number of alkyl halides is 2. The van der Waals surface area contributed by atoms with E-state index in [2.05, 4.69) is 18.4 Å². The van der Waals surface area contributed by atoms with Gasteiger partial charge in [0.1, 0.15) is 22.8 Å². The lowest BCUT2D eigenvalue weighted by Gasteiger charge is -2.31. The minimum Gasteiger partial charge on any atom is -0.460 e. The first kappa shape index (κ1) is 22.7. The molecule has 0 aliphatic heterocycles. The van der Waals surface area contributed by atoms with Crippen LogP contribution in [-0.2, 0) is 11.2 Å². The van der Waals surface area contributed by atoms with Crippen LogP contribution >= 0.6 is 0 Å². The Morgan fingerprint density at radius 3 is 2.42 bits per heavy atom. The van der Waals surface area contributed by atoms with Crippen molar-refractivity contribution in [3.8, 4) is 23.0 Å². The van der Waals surface area contributed by atoms with Gasteiger partial charge in [-0.3, -0.25) is 4.79 Å². The molecule has 1 saturated carbocycles. The first-order chi connectivity index (χ1) is 15.5. The molecule has 1 aromatic heterocycles. The zero-order chi connectivity index (χ0) is 23.8. The highest BCUT2D eigenvalue weighted by Gasteiger charge is 2.41. The average molecular weight is 453 g/mol. The van der Waals surface area contributed by atoms with E-state index in [9.17, 15) is 23.1 Å². The molecule has 33 heavy (non-hydrogen) atoms. The molecule has 1 aliphatic rings. The normalized spacial score (nSPS) is 16.7. The number of hydrogen-bond donors (Lipinski definition) is 2. The Labute approximate surface area is 188 Å². The number of rotatable bonds is 4. The molecule has 0 unspecified atom stereocenters. The number of carbonyl (C=O) groups is 1. The van der Waals surface area contributed by atoms with Gasteiger partial charge in [-0.2, -0.15) is 0 Å². The summed E-state index contributed by atoms with van der Waals surface area (Å²) in [6.45, 7) is 3.65. The minimum absolute atomic E-state index is 0.106. The summed E-state index contributed by atoms with van der Waals surface area (Å²) in [6, 6.07) is 11.1. The summed E-state index contributed by atoms with van der Waals surface area (Å²) in [4.78, 5) is 11.4. The van der Waals surface area contributed by atoms with E-state index in [0.717, 1.165) is 0 Å². The topological polar surface area (TPSA) is 76.5 Å². The highest BCUT2D eigenvalue weighted by Crippen LogP contribution is 2.38. The lowest BCUT2D eigenvalue weighted by molar-refractivity contribution is -0.114. The van der Waals surface area contributed by atoms with Crippen molar-refractivity contribution in [2.24, 2.45) is 5.73 Å². The van der Waals surface area contributed by atoms with Crippen LogP contribution in [-0.4, -0.2) is 22.5 Å². The smallest absolute Gasteiger partial charge is 0.248 e. The summed E-state index contributed by atoms with van der Waals surface area (Å²) in [6.07, 6.45) is -0.905. The highest BCUT2D eigenvalue weighted by atomic mass is 19.3. The second-order valence-electron chi connectivity index (χ2n) is 8.44. The number of nitrogens with two attached hydrogens (primary N) is 1. The maximum atomic E-state index is 13.5. The minimum atomic E-state index is -2.77. The summed E-state index contributed by atoms with van der Waals surface area (Å²) in [7, 11) is 0. The van der Waals surface area contributed by atoms with Crippen molar-refractivity contribution >= 4 is 16.9 Å². The molecule has 0 atom stereocenters. The molecule has 0 saturated heterocycles. The molecule has 1 amide bonds. The van der Waals surface area contributed by atoms with Crippen molar-refractivity contribution < 1.29 is 27.5 Å². The Bertz CT molecular complexity index is 1290. The van der Waals surface area contributed by atoms with Crippen LogP contribution in [0.5, 0.6) is 0 Å². The fourth-order valence-corrected chi connectivity index (χ4v) is 3.85. The van der Waals surface area contributed by atoms with Crippen molar-refractivity contribution in [1.29, 1.82) is 0 Å². The van der Waals surface area contributed by atoms with Crippen LogP contribution in [0.1, 0.15) is 37.0 Å². The molecule has 3 N–H and O–H groups in total. The Morgan fingerprint density at radius 2 is 1.79 bits per heavy atom. The molecule has 7 heteroatoms. The first-order valence-corrected chi connectivity index (χ1v) is 10.5. The van der Waals surface area contributed by atoms with Gasteiger partial charge in [0, 0.05) is 41.3 Å². The first-order valence-electron chi connectivity index (χ1n) is 10.5. The van der Waals surface area contributed by atoms with Crippen LogP contribution in [0.2, 0.25) is 0 Å². The molecule has 2 aromatic carbocycles. The fraction of sp³-hybridized carbons (Fsp3) is 0.269. The Hall–Kier alpha value is -3.50. The van der Waals surface area contributed by atoms with Gasteiger partial charge in [0.2, 0.25) is 11.8 Å². The highest BCUT2D eigenvalue weighted by molar-refractivity contribution is 5.95. The van der Waals surface area contributed by atoms with Gasteiger partial charge in [-0.05, 0) is 48.7 Å². The molecule has 3 aromatic rings. The second-order valence-corrected chi connectivity index (χ2v) is 8.44. The monoisotopic (exact) mass is 453 g/mol. The number of furan rings is 1. The molecule has 1 fully saturated rings. The summed E-state index contributed by atoms with van der Waals surface area (Å²) in [5.74, 6) is 2.35. The number of amides is 1. The second kappa shape index (κ2) is 8.45. The number of hydrogen-bond acceptors (Lipinski definition) is 3. The Morgan fingerprint density at radius 1 is 1.12 bits per heavy atom. The molecule has 0 spiro atoms. The molecule has 0 bridgehead atoms. The van der Waals surface area contributed by atoms with E-state index < -0.39 is 30.3 Å². The fourth-order valence-electron chi connectivity index (χ4n) is 3.85. The Kier molecular flexibility index (Phi) is 5.81. The van der Waals surface area contributed by atoms with E-state index in [1.165, 1.54) is 12.1 Å². The van der Waals surface area contributed by atoms with Crippen molar-refractivity contribution in [1.82, 2.24) is 0 Å². The number of fused-ring (bicyclic) bond motifs is 1. The molecule has 4 nitrogen and oxygen atoms in total. The van der Waals surface area contributed by atoms with Gasteiger partial charge in [0.15, 0.2) is 0 Å². The van der Waals surface area contributed by atoms with Crippen LogP contribution in [0.3, 0.4) is 0 Å². The van der Waals surface area contributed by atoms with Crippen LogP contribution in [0.25, 0.3) is 22.1 Å². The van der Waals surface area contributed by atoms with E-state index in [-0.39, 0.29) is 30.7 Å². The van der Waals surface area contributed by atoms with Gasteiger partial charge < -0.3 is 15.3 Å². The zero-order valence-corrected chi connectivity index (χ0v) is 17.8.